The first kappa shape index (κ1) is 18.1. The Morgan fingerprint density at radius 2 is 1.61 bits per heavy atom. The Morgan fingerprint density at radius 1 is 0.929 bits per heavy atom. The van der Waals surface area contributed by atoms with Crippen LogP contribution in [0.15, 0.2) is 66.7 Å². The summed E-state index contributed by atoms with van der Waals surface area (Å²) in [5, 5.41) is 0. The molecule has 0 radical (unpaired) electrons. The van der Waals surface area contributed by atoms with Crippen molar-refractivity contribution in [3.63, 3.8) is 0 Å². The van der Waals surface area contributed by atoms with Crippen LogP contribution in [-0.2, 0) is 4.79 Å². The van der Waals surface area contributed by atoms with Crippen molar-refractivity contribution in [2.75, 3.05) is 0 Å². The zero-order valence-corrected chi connectivity index (χ0v) is 15.6. The molecule has 1 aliphatic heterocycles. The molecule has 0 amide bonds. The lowest BCUT2D eigenvalue weighted by Gasteiger charge is -2.32. The van der Waals surface area contributed by atoms with Crippen LogP contribution in [0.4, 0.5) is 4.39 Å². The summed E-state index contributed by atoms with van der Waals surface area (Å²) in [5.41, 5.74) is 2.95. The molecule has 0 fully saturated rings. The van der Waals surface area contributed by atoms with Gasteiger partial charge < -0.3 is 4.74 Å². The molecule has 0 saturated carbocycles. The Kier molecular flexibility index (Phi) is 4.55. The quantitative estimate of drug-likeness (QED) is 0.450. The molecule has 0 aromatic heterocycles. The van der Waals surface area contributed by atoms with Gasteiger partial charge in [0.25, 0.3) is 0 Å². The van der Waals surface area contributed by atoms with Gasteiger partial charge in [0.15, 0.2) is 5.78 Å². The van der Waals surface area contributed by atoms with Crippen molar-refractivity contribution in [3.05, 3.63) is 94.8 Å². The van der Waals surface area contributed by atoms with E-state index < -0.39 is 17.7 Å². The summed E-state index contributed by atoms with van der Waals surface area (Å²) in [6, 6.07) is 18.6. The molecule has 0 bridgehead atoms. The summed E-state index contributed by atoms with van der Waals surface area (Å²) in [6.07, 6.45) is 0. The molecule has 3 aromatic carbocycles. The molecule has 0 aliphatic carbocycles. The van der Waals surface area contributed by atoms with Crippen molar-refractivity contribution in [2.24, 2.45) is 5.92 Å². The number of Topliss-reactive ketones (excluding diaryl/α,β-unsaturated/α-hetero) is 2. The summed E-state index contributed by atoms with van der Waals surface area (Å²) in [4.78, 5) is 26.0. The van der Waals surface area contributed by atoms with Gasteiger partial charge in [-0.2, -0.15) is 0 Å². The normalized spacial score (nSPS) is 15.8. The van der Waals surface area contributed by atoms with Crippen LogP contribution in [0.5, 0.6) is 11.5 Å². The molecule has 1 aliphatic rings. The van der Waals surface area contributed by atoms with Crippen LogP contribution in [-0.4, -0.2) is 11.6 Å². The lowest BCUT2D eigenvalue weighted by atomic mass is 9.73. The molecule has 3 nitrogen and oxygen atoms in total. The molecular formula is C24H19FO3. The van der Waals surface area contributed by atoms with E-state index in [1.165, 1.54) is 31.2 Å². The molecule has 0 saturated heterocycles. The number of hydrogen-bond acceptors (Lipinski definition) is 3. The van der Waals surface area contributed by atoms with E-state index in [2.05, 4.69) is 0 Å². The summed E-state index contributed by atoms with van der Waals surface area (Å²) < 4.78 is 19.3. The first-order valence-electron chi connectivity index (χ1n) is 9.13. The topological polar surface area (TPSA) is 43.4 Å². The van der Waals surface area contributed by atoms with Gasteiger partial charge in [0.2, 0.25) is 0 Å². The Balaban J connectivity index is 1.89. The van der Waals surface area contributed by atoms with Crippen LogP contribution in [0.1, 0.15) is 39.9 Å². The van der Waals surface area contributed by atoms with Gasteiger partial charge in [-0.25, -0.2) is 4.39 Å². The van der Waals surface area contributed by atoms with Crippen molar-refractivity contribution >= 4 is 11.6 Å². The van der Waals surface area contributed by atoms with Gasteiger partial charge in [0.05, 0.1) is 5.92 Å². The van der Waals surface area contributed by atoms with Crippen molar-refractivity contribution in [3.8, 4) is 11.5 Å². The standard InChI is InChI=1S/C24H19FO3/c1-14-7-12-21-19(13-14)23(18-5-3-4-6-20(18)28-21)22(15(2)26)24(27)16-8-10-17(25)11-9-16/h3-13,22-23H,1-2H3/t22-,23-/m0/s1. The number of aryl methyl sites for hydroxylation is 1. The van der Waals surface area contributed by atoms with E-state index >= 15 is 0 Å². The predicted molar refractivity (Wildman–Crippen MR) is 104 cm³/mol. The number of halogens is 1. The van der Waals surface area contributed by atoms with Crippen LogP contribution < -0.4 is 4.74 Å². The number of fused-ring (bicyclic) bond motifs is 2. The monoisotopic (exact) mass is 374 g/mol. The molecule has 0 spiro atoms. The van der Waals surface area contributed by atoms with E-state index in [9.17, 15) is 14.0 Å². The fraction of sp³-hybridized carbons (Fsp3) is 0.167. The number of para-hydroxylation sites is 1. The van der Waals surface area contributed by atoms with E-state index in [1.807, 2.05) is 49.4 Å². The molecule has 1 heterocycles. The highest BCUT2D eigenvalue weighted by atomic mass is 19.1. The average molecular weight is 374 g/mol. The number of ketones is 2. The third-order valence-electron chi connectivity index (χ3n) is 5.16. The maximum Gasteiger partial charge on any atom is 0.174 e. The summed E-state index contributed by atoms with van der Waals surface area (Å²) >= 11 is 0. The zero-order valence-electron chi connectivity index (χ0n) is 15.6. The second-order valence-electron chi connectivity index (χ2n) is 7.12. The first-order chi connectivity index (χ1) is 13.5. The van der Waals surface area contributed by atoms with E-state index in [1.54, 1.807) is 0 Å². The Morgan fingerprint density at radius 3 is 2.32 bits per heavy atom. The van der Waals surface area contributed by atoms with Crippen LogP contribution in [0.2, 0.25) is 0 Å². The molecule has 2 atom stereocenters. The molecular weight excluding hydrogens is 355 g/mol. The smallest absolute Gasteiger partial charge is 0.174 e. The zero-order chi connectivity index (χ0) is 19.8. The molecule has 0 N–H and O–H groups in total. The summed E-state index contributed by atoms with van der Waals surface area (Å²) in [7, 11) is 0. The van der Waals surface area contributed by atoms with Crippen LogP contribution in [0.25, 0.3) is 0 Å². The molecule has 3 aromatic rings. The second-order valence-corrected chi connectivity index (χ2v) is 7.12. The van der Waals surface area contributed by atoms with Gasteiger partial charge in [-0.15, -0.1) is 0 Å². The number of rotatable bonds is 4. The number of benzene rings is 3. The third kappa shape index (κ3) is 3.11. The van der Waals surface area contributed by atoms with Gasteiger partial charge in [-0.1, -0.05) is 35.9 Å². The number of carbonyl (C=O) groups is 2. The lowest BCUT2D eigenvalue weighted by Crippen LogP contribution is -2.31. The van der Waals surface area contributed by atoms with E-state index in [-0.39, 0.29) is 11.6 Å². The van der Waals surface area contributed by atoms with Gasteiger partial charge >= 0.3 is 0 Å². The maximum absolute atomic E-state index is 13.3. The van der Waals surface area contributed by atoms with Gasteiger partial charge in [-0.3, -0.25) is 9.59 Å². The third-order valence-corrected chi connectivity index (χ3v) is 5.16. The molecule has 4 heteroatoms. The number of hydrogen-bond donors (Lipinski definition) is 0. The van der Waals surface area contributed by atoms with Gasteiger partial charge in [0, 0.05) is 22.6 Å². The van der Waals surface area contributed by atoms with Crippen LogP contribution in [0, 0.1) is 18.7 Å². The Labute approximate surface area is 162 Å². The molecule has 4 rings (SSSR count). The van der Waals surface area contributed by atoms with Gasteiger partial charge in [0.1, 0.15) is 23.1 Å². The van der Waals surface area contributed by atoms with E-state index in [4.69, 9.17) is 4.74 Å². The fourth-order valence-electron chi connectivity index (χ4n) is 3.84. The second kappa shape index (κ2) is 7.04. The summed E-state index contributed by atoms with van der Waals surface area (Å²) in [5.74, 6) is -1.07. The van der Waals surface area contributed by atoms with E-state index in [0.717, 1.165) is 16.7 Å². The number of carbonyl (C=O) groups excluding carboxylic acids is 2. The highest BCUT2D eigenvalue weighted by molar-refractivity contribution is 6.11. The maximum atomic E-state index is 13.3. The summed E-state index contributed by atoms with van der Waals surface area (Å²) in [6.45, 7) is 3.39. The SMILES string of the molecule is CC(=O)[C@H](C(=O)c1ccc(F)cc1)[C@H]1c2ccccc2Oc2ccc(C)cc21. The van der Waals surface area contributed by atoms with Crippen molar-refractivity contribution < 1.29 is 18.7 Å². The van der Waals surface area contributed by atoms with E-state index in [0.29, 0.717) is 17.1 Å². The van der Waals surface area contributed by atoms with Gasteiger partial charge in [-0.05, 0) is 50.2 Å². The highest BCUT2D eigenvalue weighted by Crippen LogP contribution is 2.48. The fourth-order valence-corrected chi connectivity index (χ4v) is 3.84. The molecule has 140 valence electrons. The average Bonchev–Trinajstić information content (AvgIpc) is 2.68. The van der Waals surface area contributed by atoms with Crippen LogP contribution in [0.3, 0.4) is 0 Å². The lowest BCUT2D eigenvalue weighted by molar-refractivity contribution is -0.119. The number of ether oxygens (including phenoxy) is 1. The predicted octanol–water partition coefficient (Wildman–Crippen LogP) is 5.46. The minimum absolute atomic E-state index is 0.233. The van der Waals surface area contributed by atoms with Crippen molar-refractivity contribution in [1.29, 1.82) is 0 Å². The largest absolute Gasteiger partial charge is 0.457 e. The van der Waals surface area contributed by atoms with Crippen LogP contribution >= 0.6 is 0 Å². The Bertz CT molecular complexity index is 1070. The van der Waals surface area contributed by atoms with Crippen molar-refractivity contribution in [2.45, 2.75) is 19.8 Å². The molecule has 0 unspecified atom stereocenters. The first-order valence-corrected chi connectivity index (χ1v) is 9.13. The Hall–Kier alpha value is -3.27. The minimum Gasteiger partial charge on any atom is -0.457 e. The highest BCUT2D eigenvalue weighted by Gasteiger charge is 2.40. The molecule has 28 heavy (non-hydrogen) atoms. The van der Waals surface area contributed by atoms with Crippen molar-refractivity contribution in [1.82, 2.24) is 0 Å². The minimum atomic E-state index is -0.920.